The van der Waals surface area contributed by atoms with Crippen LogP contribution in [0.15, 0.2) is 0 Å². The molecule has 15 heteroatoms. The lowest BCUT2D eigenvalue weighted by Gasteiger charge is -2.51. The number of quaternary nitrogens is 1. The van der Waals surface area contributed by atoms with Gasteiger partial charge in [0.05, 0.1) is 55.6 Å². The van der Waals surface area contributed by atoms with Crippen molar-refractivity contribution in [3.63, 3.8) is 0 Å². The first-order valence-electron chi connectivity index (χ1n) is 19.3. The summed E-state index contributed by atoms with van der Waals surface area (Å²) in [5.74, 6) is -2.80. The van der Waals surface area contributed by atoms with Gasteiger partial charge >= 0.3 is 5.97 Å². The molecule has 0 bridgehead atoms. The molecule has 0 radical (unpaired) electrons. The van der Waals surface area contributed by atoms with E-state index >= 15 is 0 Å². The van der Waals surface area contributed by atoms with Crippen molar-refractivity contribution in [2.45, 2.75) is 185 Å². The maximum absolute atomic E-state index is 14.2. The van der Waals surface area contributed by atoms with Gasteiger partial charge in [-0.1, -0.05) is 20.8 Å². The van der Waals surface area contributed by atoms with Crippen molar-refractivity contribution >= 4 is 5.97 Å². The quantitative estimate of drug-likeness (QED) is 0.143. The summed E-state index contributed by atoms with van der Waals surface area (Å²) >= 11 is 0. The molecular formula is C38H72N2O13. The highest BCUT2D eigenvalue weighted by molar-refractivity contribution is 5.73. The Hall–Kier alpha value is -1.05. The minimum Gasteiger partial charge on any atom is -0.633 e. The van der Waals surface area contributed by atoms with E-state index in [1.165, 1.54) is 28.1 Å². The predicted octanol–water partition coefficient (Wildman–Crippen LogP) is 1.91. The van der Waals surface area contributed by atoms with Crippen LogP contribution in [0.5, 0.6) is 0 Å². The highest BCUT2D eigenvalue weighted by Gasteiger charge is 2.53. The van der Waals surface area contributed by atoms with Crippen LogP contribution in [-0.4, -0.2) is 166 Å². The zero-order chi connectivity index (χ0) is 40.6. The number of carbonyl (C=O) groups is 1. The van der Waals surface area contributed by atoms with Crippen LogP contribution >= 0.6 is 0 Å². The van der Waals surface area contributed by atoms with Crippen LogP contribution in [0.2, 0.25) is 0 Å². The molecule has 3 aliphatic rings. The number of rotatable bonds is 7. The van der Waals surface area contributed by atoms with Crippen molar-refractivity contribution < 1.29 is 63.4 Å². The molecule has 0 unspecified atom stereocenters. The van der Waals surface area contributed by atoms with Crippen LogP contribution in [0.25, 0.3) is 0 Å². The molecular weight excluding hydrogens is 692 g/mol. The second kappa shape index (κ2) is 17.6. The van der Waals surface area contributed by atoms with Gasteiger partial charge in [-0.3, -0.25) is 4.79 Å². The third kappa shape index (κ3) is 10.5. The van der Waals surface area contributed by atoms with E-state index in [-0.39, 0.29) is 25.2 Å². The summed E-state index contributed by atoms with van der Waals surface area (Å²) in [7, 11) is 6.21. The van der Waals surface area contributed by atoms with E-state index in [1.54, 1.807) is 55.4 Å². The summed E-state index contributed by atoms with van der Waals surface area (Å²) in [5, 5.41) is 71.3. The largest absolute Gasteiger partial charge is 0.633 e. The molecule has 3 fully saturated rings. The Morgan fingerprint density at radius 2 is 1.57 bits per heavy atom. The molecule has 53 heavy (non-hydrogen) atoms. The van der Waals surface area contributed by atoms with Gasteiger partial charge in [-0.2, -0.15) is 0 Å². The fourth-order valence-corrected chi connectivity index (χ4v) is 8.84. The first-order chi connectivity index (χ1) is 24.2. The summed E-state index contributed by atoms with van der Waals surface area (Å²) in [6, 6.07) is -1.34. The highest BCUT2D eigenvalue weighted by Crippen LogP contribution is 2.40. The molecule has 15 nitrogen and oxygen atoms in total. The molecule has 0 aromatic carbocycles. The Kier molecular flexibility index (Phi) is 15.4. The number of nitrogens with zero attached hydrogens (tertiary/aromatic N) is 2. The van der Waals surface area contributed by atoms with Crippen LogP contribution in [0.3, 0.4) is 0 Å². The summed E-state index contributed by atoms with van der Waals surface area (Å²) in [6.45, 7) is 17.6. The smallest absolute Gasteiger partial charge is 0.311 e. The number of aliphatic hydroxyl groups is 5. The van der Waals surface area contributed by atoms with Crippen molar-refractivity contribution in [1.29, 1.82) is 0 Å². The first kappa shape index (κ1) is 46.3. The molecule has 3 saturated heterocycles. The van der Waals surface area contributed by atoms with E-state index in [0.29, 0.717) is 13.0 Å². The second-order valence-electron chi connectivity index (χ2n) is 17.6. The lowest BCUT2D eigenvalue weighted by Crippen LogP contribution is -2.62. The molecule has 0 saturated carbocycles. The molecule has 18 atom stereocenters. The van der Waals surface area contributed by atoms with Gasteiger partial charge in [-0.25, -0.2) is 0 Å². The molecule has 0 spiro atoms. The normalized spacial score (nSPS) is 49.1. The number of hydroxylamine groups is 3. The average molecular weight is 765 g/mol. The monoisotopic (exact) mass is 765 g/mol. The maximum atomic E-state index is 14.2. The minimum atomic E-state index is -1.83. The van der Waals surface area contributed by atoms with E-state index in [1.807, 2.05) is 18.9 Å². The molecule has 0 aromatic rings. The number of ether oxygens (including phenoxy) is 6. The van der Waals surface area contributed by atoms with Gasteiger partial charge in [0, 0.05) is 38.5 Å². The lowest BCUT2D eigenvalue weighted by atomic mass is 9.77. The Morgan fingerprint density at radius 3 is 2.11 bits per heavy atom. The molecule has 0 amide bonds. The van der Waals surface area contributed by atoms with E-state index in [2.05, 4.69) is 0 Å². The fraction of sp³-hybridized carbons (Fsp3) is 0.974. The topological polar surface area (TPSA) is 200 Å². The second-order valence-corrected chi connectivity index (χ2v) is 17.6. The number of methoxy groups -OCH3 is 1. The number of cyclic esters (lactones) is 1. The molecule has 5 N–H and O–H groups in total. The average Bonchev–Trinajstić information content (AvgIpc) is 3.05. The highest BCUT2D eigenvalue weighted by atomic mass is 16.7. The molecule has 0 aliphatic carbocycles. The van der Waals surface area contributed by atoms with E-state index in [9.17, 15) is 35.5 Å². The van der Waals surface area contributed by atoms with E-state index in [4.69, 9.17) is 28.4 Å². The first-order valence-corrected chi connectivity index (χ1v) is 19.3. The van der Waals surface area contributed by atoms with Crippen LogP contribution in [0.1, 0.15) is 94.9 Å². The van der Waals surface area contributed by atoms with Crippen LogP contribution in [-0.2, 0) is 33.2 Å². The SMILES string of the molecule is CC[C@@H]1OC(=O)[C@H](C)[C@H](O[C@@H]2C[C@](C)(OC)[C@H](O)[C@H](C)O2)[C@@H](C)[C@H](O[C@@H]2O[C@H](C)C[C@H]([N+](C)(C)[O-])[C@@H]2O)[C@](C)(O)C[C@H](C)CN(C)[C@H](C)[C@@H](O)[C@@]1(C)O. The Bertz CT molecular complexity index is 1190. The van der Waals surface area contributed by atoms with Crippen molar-refractivity contribution in [2.24, 2.45) is 17.8 Å². The fourth-order valence-electron chi connectivity index (χ4n) is 8.84. The predicted molar refractivity (Wildman–Crippen MR) is 196 cm³/mol. The van der Waals surface area contributed by atoms with Crippen molar-refractivity contribution in [2.75, 3.05) is 34.8 Å². The van der Waals surface area contributed by atoms with E-state index in [0.717, 1.165) is 0 Å². The van der Waals surface area contributed by atoms with Gasteiger partial charge in [-0.05, 0) is 74.3 Å². The van der Waals surface area contributed by atoms with Crippen LogP contribution in [0.4, 0.5) is 0 Å². The zero-order valence-corrected chi connectivity index (χ0v) is 34.6. The summed E-state index contributed by atoms with van der Waals surface area (Å²) in [4.78, 5) is 16.1. The van der Waals surface area contributed by atoms with Crippen LogP contribution in [0, 0.1) is 23.0 Å². The van der Waals surface area contributed by atoms with Crippen molar-refractivity contribution in [3.05, 3.63) is 5.21 Å². The number of hydrogen-bond donors (Lipinski definition) is 5. The number of carbonyl (C=O) groups excluding carboxylic acids is 1. The molecule has 3 aliphatic heterocycles. The Labute approximate surface area is 317 Å². The van der Waals surface area contributed by atoms with Gasteiger partial charge in [0.1, 0.15) is 30.0 Å². The van der Waals surface area contributed by atoms with Gasteiger partial charge in [0.2, 0.25) is 0 Å². The Balaban J connectivity index is 2.19. The summed E-state index contributed by atoms with van der Waals surface area (Å²) in [5.41, 5.74) is -4.51. The molecule has 3 heterocycles. The number of esters is 1. The Morgan fingerprint density at radius 1 is 0.962 bits per heavy atom. The minimum absolute atomic E-state index is 0.0990. The molecule has 3 rings (SSSR count). The van der Waals surface area contributed by atoms with E-state index < -0.39 is 113 Å². The third-order valence-electron chi connectivity index (χ3n) is 12.3. The lowest BCUT2D eigenvalue weighted by molar-refractivity contribution is -0.874. The number of aliphatic hydroxyl groups excluding tert-OH is 3. The standard InChI is InChI=1S/C38H72N2O13/c1-15-27-38(10,46)31(42)24(6)39(11)19-20(2)17-36(8,45)33(53-35-29(41)26(40(12,13)47)16-21(3)49-35)22(4)30(23(5)34(44)51-27)52-28-18-37(9,48-14)32(43)25(7)50-28/h20-33,35,41-43,45-46H,15-19H2,1-14H3/t20-,21+,22+,23+,24+,25-,26-,27-,28+,29-,30+,31+,32+,33-,35-,36+,37-,38-/m0/s1. The third-order valence-corrected chi connectivity index (χ3v) is 12.3. The van der Waals surface area contributed by atoms with Gasteiger partial charge in [0.15, 0.2) is 18.7 Å². The summed E-state index contributed by atoms with van der Waals surface area (Å²) in [6.07, 6.45) is -9.60. The zero-order valence-electron chi connectivity index (χ0n) is 34.6. The van der Waals surface area contributed by atoms with Gasteiger partial charge in [-0.15, -0.1) is 0 Å². The van der Waals surface area contributed by atoms with Crippen molar-refractivity contribution in [1.82, 2.24) is 4.90 Å². The maximum Gasteiger partial charge on any atom is 0.311 e. The number of hydrogen-bond acceptors (Lipinski definition) is 14. The number of likely N-dealkylation sites (N-methyl/N-ethyl adjacent to an activating group) is 2. The molecule has 0 aromatic heterocycles. The summed E-state index contributed by atoms with van der Waals surface area (Å²) < 4.78 is 36.5. The molecule has 312 valence electrons. The van der Waals surface area contributed by atoms with Crippen molar-refractivity contribution in [3.8, 4) is 0 Å². The van der Waals surface area contributed by atoms with Gasteiger partial charge in [0.25, 0.3) is 0 Å². The van der Waals surface area contributed by atoms with Crippen LogP contribution < -0.4 is 0 Å². The van der Waals surface area contributed by atoms with Gasteiger partial charge < -0.3 is 68.7 Å².